The third-order valence-electron chi connectivity index (χ3n) is 3.31. The molecule has 0 unspecified atom stereocenters. The number of hydrogen-bond acceptors (Lipinski definition) is 4. The van der Waals surface area contributed by atoms with Gasteiger partial charge in [-0.2, -0.15) is 0 Å². The molecular weight excluding hydrogens is 300 g/mol. The number of nitrogens with one attached hydrogen (secondary N) is 1. The molecule has 1 amide bonds. The van der Waals surface area contributed by atoms with Crippen molar-refractivity contribution >= 4 is 29.0 Å². The first kappa shape index (κ1) is 16.2. The fourth-order valence-corrected chi connectivity index (χ4v) is 2.51. The molecule has 0 saturated heterocycles. The Kier molecular flexibility index (Phi) is 4.98. The summed E-state index contributed by atoms with van der Waals surface area (Å²) in [5.74, 6) is 0.444. The maximum absolute atomic E-state index is 12.2. The second-order valence-electron chi connectivity index (χ2n) is 5.38. The molecule has 1 aromatic carbocycles. The monoisotopic (exact) mass is 318 g/mol. The largest absolute Gasteiger partial charge is 0.349 e. The number of aromatic nitrogens is 2. The second-order valence-corrected chi connectivity index (χ2v) is 5.77. The fourth-order valence-electron chi connectivity index (χ4n) is 2.37. The lowest BCUT2D eigenvalue weighted by molar-refractivity contribution is -0.114. The van der Waals surface area contributed by atoms with Crippen molar-refractivity contribution in [2.45, 2.75) is 20.8 Å². The predicted octanol–water partition coefficient (Wildman–Crippen LogP) is 3.13. The Hall–Kier alpha value is -2.14. The first-order valence-corrected chi connectivity index (χ1v) is 7.31. The summed E-state index contributed by atoms with van der Waals surface area (Å²) >= 11 is 5.81. The Morgan fingerprint density at radius 1 is 1.23 bits per heavy atom. The van der Waals surface area contributed by atoms with Crippen molar-refractivity contribution < 1.29 is 4.79 Å². The summed E-state index contributed by atoms with van der Waals surface area (Å²) in [6.07, 6.45) is 3.03. The van der Waals surface area contributed by atoms with Crippen molar-refractivity contribution in [3.05, 3.63) is 46.4 Å². The van der Waals surface area contributed by atoms with E-state index < -0.39 is 0 Å². The summed E-state index contributed by atoms with van der Waals surface area (Å²) in [5, 5.41) is 3.26. The number of halogens is 1. The van der Waals surface area contributed by atoms with Gasteiger partial charge in [-0.05, 0) is 31.9 Å². The minimum absolute atomic E-state index is 0.112. The number of carbonyl (C=O) groups is 1. The number of anilines is 2. The highest BCUT2D eigenvalue weighted by Gasteiger charge is 2.12. The molecule has 116 valence electrons. The van der Waals surface area contributed by atoms with Gasteiger partial charge in [-0.3, -0.25) is 9.78 Å². The third-order valence-corrected chi connectivity index (χ3v) is 3.49. The van der Waals surface area contributed by atoms with Crippen LogP contribution in [-0.2, 0) is 4.79 Å². The molecule has 0 aliphatic carbocycles. The molecule has 0 spiro atoms. The molecule has 0 radical (unpaired) electrons. The van der Waals surface area contributed by atoms with Crippen LogP contribution in [0, 0.1) is 20.8 Å². The van der Waals surface area contributed by atoms with E-state index in [1.165, 1.54) is 11.8 Å². The van der Waals surface area contributed by atoms with Crippen LogP contribution < -0.4 is 10.2 Å². The average molecular weight is 319 g/mol. The van der Waals surface area contributed by atoms with Gasteiger partial charge in [0.1, 0.15) is 11.0 Å². The Bertz CT molecular complexity index is 679. The van der Waals surface area contributed by atoms with Crippen molar-refractivity contribution in [3.8, 4) is 0 Å². The van der Waals surface area contributed by atoms with Crippen molar-refractivity contribution in [2.75, 3.05) is 23.8 Å². The molecule has 1 N–H and O–H groups in total. The van der Waals surface area contributed by atoms with Crippen LogP contribution in [0.25, 0.3) is 0 Å². The fraction of sp³-hybridized carbons (Fsp3) is 0.312. The third kappa shape index (κ3) is 3.95. The van der Waals surface area contributed by atoms with Gasteiger partial charge in [-0.15, -0.1) is 0 Å². The smallest absolute Gasteiger partial charge is 0.243 e. The Balaban J connectivity index is 2.07. The molecule has 1 heterocycles. The molecule has 0 aliphatic heterocycles. The number of benzene rings is 1. The second kappa shape index (κ2) is 6.75. The maximum Gasteiger partial charge on any atom is 0.243 e. The van der Waals surface area contributed by atoms with Gasteiger partial charge >= 0.3 is 0 Å². The molecule has 5 nitrogen and oxygen atoms in total. The van der Waals surface area contributed by atoms with E-state index in [4.69, 9.17) is 11.6 Å². The molecule has 6 heteroatoms. The van der Waals surface area contributed by atoms with Crippen molar-refractivity contribution in [1.29, 1.82) is 0 Å². The Morgan fingerprint density at radius 2 is 1.86 bits per heavy atom. The van der Waals surface area contributed by atoms with Gasteiger partial charge in [-0.1, -0.05) is 29.3 Å². The molecule has 2 aromatic rings. The molecule has 1 aromatic heterocycles. The quantitative estimate of drug-likeness (QED) is 0.941. The molecular formula is C16H19ClN4O. The molecule has 0 aliphatic rings. The Morgan fingerprint density at radius 3 is 2.45 bits per heavy atom. The lowest BCUT2D eigenvalue weighted by Crippen LogP contribution is -2.31. The SMILES string of the molecule is Cc1cc(C)c(NC(=O)CN(C)c2cncc(Cl)n2)c(C)c1. The van der Waals surface area contributed by atoms with E-state index >= 15 is 0 Å². The van der Waals surface area contributed by atoms with Crippen LogP contribution in [0.1, 0.15) is 16.7 Å². The van der Waals surface area contributed by atoms with Crippen LogP contribution in [0.5, 0.6) is 0 Å². The summed E-state index contributed by atoms with van der Waals surface area (Å²) in [5.41, 5.74) is 4.15. The first-order chi connectivity index (χ1) is 10.4. The van der Waals surface area contributed by atoms with Crippen LogP contribution in [-0.4, -0.2) is 29.5 Å². The van der Waals surface area contributed by atoms with Crippen LogP contribution in [0.4, 0.5) is 11.5 Å². The van der Waals surface area contributed by atoms with Gasteiger partial charge in [0.2, 0.25) is 5.91 Å². The minimum atomic E-state index is -0.112. The number of likely N-dealkylation sites (N-methyl/N-ethyl adjacent to an activating group) is 1. The highest BCUT2D eigenvalue weighted by atomic mass is 35.5. The number of amides is 1. The van der Waals surface area contributed by atoms with Crippen LogP contribution in [0.3, 0.4) is 0 Å². The van der Waals surface area contributed by atoms with Crippen molar-refractivity contribution in [3.63, 3.8) is 0 Å². The molecule has 2 rings (SSSR count). The predicted molar refractivity (Wildman–Crippen MR) is 89.6 cm³/mol. The topological polar surface area (TPSA) is 58.1 Å². The van der Waals surface area contributed by atoms with Gasteiger partial charge < -0.3 is 10.2 Å². The lowest BCUT2D eigenvalue weighted by atomic mass is 10.1. The summed E-state index contributed by atoms with van der Waals surface area (Å²) in [4.78, 5) is 22.0. The molecule has 0 saturated carbocycles. The van der Waals surface area contributed by atoms with Crippen LogP contribution >= 0.6 is 11.6 Å². The lowest BCUT2D eigenvalue weighted by Gasteiger charge is -2.19. The van der Waals surface area contributed by atoms with Gasteiger partial charge in [0, 0.05) is 12.7 Å². The summed E-state index contributed by atoms with van der Waals surface area (Å²) in [7, 11) is 1.77. The maximum atomic E-state index is 12.2. The van der Waals surface area contributed by atoms with E-state index in [2.05, 4.69) is 27.4 Å². The van der Waals surface area contributed by atoms with E-state index in [9.17, 15) is 4.79 Å². The number of rotatable bonds is 4. The zero-order valence-corrected chi connectivity index (χ0v) is 13.9. The summed E-state index contributed by atoms with van der Waals surface area (Å²) < 4.78 is 0. The molecule has 0 atom stereocenters. The van der Waals surface area contributed by atoms with E-state index in [1.807, 2.05) is 20.8 Å². The minimum Gasteiger partial charge on any atom is -0.349 e. The molecule has 0 bridgehead atoms. The zero-order valence-electron chi connectivity index (χ0n) is 13.1. The van der Waals surface area contributed by atoms with Gasteiger partial charge in [0.15, 0.2) is 0 Å². The standard InChI is InChI=1S/C16H19ClN4O/c1-10-5-11(2)16(12(3)6-10)20-15(22)9-21(4)14-8-18-7-13(17)19-14/h5-8H,9H2,1-4H3,(H,20,22). The summed E-state index contributed by atoms with van der Waals surface area (Å²) in [6, 6.07) is 4.10. The van der Waals surface area contributed by atoms with Crippen molar-refractivity contribution in [1.82, 2.24) is 9.97 Å². The van der Waals surface area contributed by atoms with E-state index in [0.29, 0.717) is 11.0 Å². The van der Waals surface area contributed by atoms with E-state index in [0.717, 1.165) is 16.8 Å². The highest BCUT2D eigenvalue weighted by Crippen LogP contribution is 2.22. The first-order valence-electron chi connectivity index (χ1n) is 6.93. The van der Waals surface area contributed by atoms with Gasteiger partial charge in [0.05, 0.1) is 18.9 Å². The zero-order chi connectivity index (χ0) is 16.3. The Labute approximate surface area is 135 Å². The number of carbonyl (C=O) groups excluding carboxylic acids is 1. The summed E-state index contributed by atoms with van der Waals surface area (Å²) in [6.45, 7) is 6.18. The van der Waals surface area contributed by atoms with Gasteiger partial charge in [0.25, 0.3) is 0 Å². The number of aryl methyl sites for hydroxylation is 3. The highest BCUT2D eigenvalue weighted by molar-refractivity contribution is 6.29. The van der Waals surface area contributed by atoms with Gasteiger partial charge in [-0.25, -0.2) is 4.98 Å². The van der Waals surface area contributed by atoms with E-state index in [1.54, 1.807) is 18.1 Å². The number of nitrogens with zero attached hydrogens (tertiary/aromatic N) is 3. The number of hydrogen-bond donors (Lipinski definition) is 1. The molecule has 22 heavy (non-hydrogen) atoms. The normalized spacial score (nSPS) is 10.4. The van der Waals surface area contributed by atoms with Crippen molar-refractivity contribution in [2.24, 2.45) is 0 Å². The molecule has 0 fully saturated rings. The van der Waals surface area contributed by atoms with Crippen LogP contribution in [0.15, 0.2) is 24.5 Å². The average Bonchev–Trinajstić information content (AvgIpc) is 2.42. The van der Waals surface area contributed by atoms with Crippen LogP contribution in [0.2, 0.25) is 5.15 Å². The van der Waals surface area contributed by atoms with E-state index in [-0.39, 0.29) is 12.5 Å².